The SMILES string of the molecule is O=C(Oc1ccc(Cl)cc1C#Cc1ccccc1)c1cccc(C(F)(F)F)c1. The molecule has 0 aliphatic heterocycles. The Hall–Kier alpha value is -3.23. The summed E-state index contributed by atoms with van der Waals surface area (Å²) < 4.78 is 43.8. The van der Waals surface area contributed by atoms with Gasteiger partial charge in [0.2, 0.25) is 0 Å². The van der Waals surface area contributed by atoms with E-state index in [4.69, 9.17) is 16.3 Å². The van der Waals surface area contributed by atoms with Gasteiger partial charge in [-0.1, -0.05) is 47.7 Å². The van der Waals surface area contributed by atoms with Crippen LogP contribution in [0.2, 0.25) is 5.02 Å². The van der Waals surface area contributed by atoms with Crippen LogP contribution >= 0.6 is 11.6 Å². The van der Waals surface area contributed by atoms with Gasteiger partial charge in [-0.25, -0.2) is 4.79 Å². The van der Waals surface area contributed by atoms with Crippen LogP contribution in [0.25, 0.3) is 0 Å². The van der Waals surface area contributed by atoms with E-state index in [1.807, 2.05) is 30.3 Å². The molecule has 28 heavy (non-hydrogen) atoms. The Morgan fingerprint density at radius 2 is 1.64 bits per heavy atom. The molecule has 0 atom stereocenters. The number of alkyl halides is 3. The molecule has 0 N–H and O–H groups in total. The maximum absolute atomic E-state index is 12.8. The van der Waals surface area contributed by atoms with Gasteiger partial charge in [-0.15, -0.1) is 0 Å². The van der Waals surface area contributed by atoms with E-state index < -0.39 is 17.7 Å². The molecule has 0 aliphatic carbocycles. The first-order valence-electron chi connectivity index (χ1n) is 8.09. The molecule has 0 spiro atoms. The fourth-order valence-electron chi connectivity index (χ4n) is 2.33. The Balaban J connectivity index is 1.89. The van der Waals surface area contributed by atoms with Gasteiger partial charge in [0.15, 0.2) is 0 Å². The summed E-state index contributed by atoms with van der Waals surface area (Å²) in [7, 11) is 0. The summed E-state index contributed by atoms with van der Waals surface area (Å²) >= 11 is 5.99. The number of carbonyl (C=O) groups is 1. The molecule has 2 nitrogen and oxygen atoms in total. The summed E-state index contributed by atoms with van der Waals surface area (Å²) in [6, 6.07) is 17.6. The van der Waals surface area contributed by atoms with Gasteiger partial charge in [-0.05, 0) is 48.5 Å². The minimum Gasteiger partial charge on any atom is -0.422 e. The average Bonchev–Trinajstić information content (AvgIpc) is 2.68. The molecule has 0 radical (unpaired) electrons. The van der Waals surface area contributed by atoms with Crippen LogP contribution < -0.4 is 4.74 Å². The number of halogens is 4. The maximum Gasteiger partial charge on any atom is 0.416 e. The smallest absolute Gasteiger partial charge is 0.416 e. The van der Waals surface area contributed by atoms with Crippen molar-refractivity contribution >= 4 is 17.6 Å². The number of ether oxygens (including phenoxy) is 1. The van der Waals surface area contributed by atoms with Crippen LogP contribution in [0.4, 0.5) is 13.2 Å². The predicted molar refractivity (Wildman–Crippen MR) is 100 cm³/mol. The molecule has 3 aromatic carbocycles. The van der Waals surface area contributed by atoms with Crippen LogP contribution in [0.15, 0.2) is 72.8 Å². The Morgan fingerprint density at radius 3 is 2.36 bits per heavy atom. The van der Waals surface area contributed by atoms with Crippen LogP contribution in [0.1, 0.15) is 27.0 Å². The summed E-state index contributed by atoms with van der Waals surface area (Å²) in [6.45, 7) is 0. The number of rotatable bonds is 2. The molecule has 3 rings (SSSR count). The number of carbonyl (C=O) groups excluding carboxylic acids is 1. The summed E-state index contributed by atoms with van der Waals surface area (Å²) in [5.41, 5.74) is -0.0526. The lowest BCUT2D eigenvalue weighted by atomic mass is 10.1. The first-order chi connectivity index (χ1) is 13.3. The molecule has 0 aliphatic rings. The highest BCUT2D eigenvalue weighted by molar-refractivity contribution is 6.30. The van der Waals surface area contributed by atoms with Crippen molar-refractivity contribution in [3.63, 3.8) is 0 Å². The lowest BCUT2D eigenvalue weighted by molar-refractivity contribution is -0.137. The maximum atomic E-state index is 12.8. The molecular formula is C22H12ClF3O2. The topological polar surface area (TPSA) is 26.3 Å². The molecule has 0 fully saturated rings. The first-order valence-corrected chi connectivity index (χ1v) is 8.47. The fraction of sp³-hybridized carbons (Fsp3) is 0.0455. The van der Waals surface area contributed by atoms with E-state index >= 15 is 0 Å². The minimum atomic E-state index is -4.55. The zero-order chi connectivity index (χ0) is 20.1. The number of hydrogen-bond acceptors (Lipinski definition) is 2. The van der Waals surface area contributed by atoms with E-state index in [0.29, 0.717) is 10.6 Å². The molecular weight excluding hydrogens is 389 g/mol. The zero-order valence-corrected chi connectivity index (χ0v) is 15.0. The lowest BCUT2D eigenvalue weighted by Crippen LogP contribution is -2.12. The Bertz CT molecular complexity index is 1060. The Kier molecular flexibility index (Phi) is 5.72. The van der Waals surface area contributed by atoms with Gasteiger partial charge in [0.25, 0.3) is 0 Å². The van der Waals surface area contributed by atoms with E-state index in [-0.39, 0.29) is 11.3 Å². The monoisotopic (exact) mass is 400 g/mol. The van der Waals surface area contributed by atoms with Crippen molar-refractivity contribution in [1.29, 1.82) is 0 Å². The lowest BCUT2D eigenvalue weighted by Gasteiger charge is -2.10. The minimum absolute atomic E-state index is 0.107. The van der Waals surface area contributed by atoms with E-state index in [1.54, 1.807) is 0 Å². The standard InChI is InChI=1S/C22H12ClF3O2/c23-19-11-12-20(16(14-19)10-9-15-5-2-1-3-6-15)28-21(27)17-7-4-8-18(13-17)22(24,25)26/h1-8,11-14H. The second kappa shape index (κ2) is 8.20. The average molecular weight is 401 g/mol. The molecule has 0 amide bonds. The van der Waals surface area contributed by atoms with Gasteiger partial charge >= 0.3 is 12.1 Å². The van der Waals surface area contributed by atoms with Crippen LogP contribution in [0, 0.1) is 11.8 Å². The van der Waals surface area contributed by atoms with Crippen molar-refractivity contribution in [2.75, 3.05) is 0 Å². The predicted octanol–water partition coefficient (Wildman–Crippen LogP) is 5.98. The quantitative estimate of drug-likeness (QED) is 0.300. The van der Waals surface area contributed by atoms with Crippen LogP contribution in [0.5, 0.6) is 5.75 Å². The van der Waals surface area contributed by atoms with Gasteiger partial charge in [0, 0.05) is 10.6 Å². The van der Waals surface area contributed by atoms with Crippen molar-refractivity contribution in [2.45, 2.75) is 6.18 Å². The molecule has 140 valence electrons. The van der Waals surface area contributed by atoms with Crippen molar-refractivity contribution in [3.8, 4) is 17.6 Å². The highest BCUT2D eigenvalue weighted by Crippen LogP contribution is 2.30. The largest absolute Gasteiger partial charge is 0.422 e. The molecule has 6 heteroatoms. The van der Waals surface area contributed by atoms with E-state index in [9.17, 15) is 18.0 Å². The van der Waals surface area contributed by atoms with E-state index in [0.717, 1.165) is 23.8 Å². The summed E-state index contributed by atoms with van der Waals surface area (Å²) in [5.74, 6) is 4.98. The van der Waals surface area contributed by atoms with Gasteiger partial charge in [-0.2, -0.15) is 13.2 Å². The molecule has 0 saturated heterocycles. The van der Waals surface area contributed by atoms with Crippen LogP contribution in [-0.2, 0) is 6.18 Å². The molecule has 3 aromatic rings. The summed E-state index contributed by atoms with van der Waals surface area (Å²) in [4.78, 5) is 12.3. The van der Waals surface area contributed by atoms with Crippen molar-refractivity contribution < 1.29 is 22.7 Å². The van der Waals surface area contributed by atoms with Crippen LogP contribution in [0.3, 0.4) is 0 Å². The Morgan fingerprint density at radius 1 is 0.893 bits per heavy atom. The second-order valence-electron chi connectivity index (χ2n) is 5.72. The normalized spacial score (nSPS) is 10.7. The second-order valence-corrected chi connectivity index (χ2v) is 6.16. The molecule has 0 bridgehead atoms. The molecule has 0 aromatic heterocycles. The first kappa shape index (κ1) is 19.5. The summed E-state index contributed by atoms with van der Waals surface area (Å²) in [5, 5.41) is 0.385. The zero-order valence-electron chi connectivity index (χ0n) is 14.3. The van der Waals surface area contributed by atoms with Gasteiger partial charge in [0.05, 0.1) is 16.7 Å². The van der Waals surface area contributed by atoms with E-state index in [1.165, 1.54) is 24.3 Å². The fourth-order valence-corrected chi connectivity index (χ4v) is 2.50. The number of hydrogen-bond donors (Lipinski definition) is 0. The number of benzene rings is 3. The summed E-state index contributed by atoms with van der Waals surface area (Å²) in [6.07, 6.45) is -4.55. The highest BCUT2D eigenvalue weighted by Gasteiger charge is 2.31. The van der Waals surface area contributed by atoms with E-state index in [2.05, 4.69) is 11.8 Å². The van der Waals surface area contributed by atoms with Crippen molar-refractivity contribution in [1.82, 2.24) is 0 Å². The number of esters is 1. The highest BCUT2D eigenvalue weighted by atomic mass is 35.5. The third-order valence-electron chi connectivity index (χ3n) is 3.69. The van der Waals surface area contributed by atoms with Crippen molar-refractivity contribution in [2.24, 2.45) is 0 Å². The van der Waals surface area contributed by atoms with Gasteiger partial charge in [0.1, 0.15) is 5.75 Å². The molecule has 0 unspecified atom stereocenters. The third-order valence-corrected chi connectivity index (χ3v) is 3.92. The molecule has 0 saturated carbocycles. The van der Waals surface area contributed by atoms with Crippen molar-refractivity contribution in [3.05, 3.63) is 100 Å². The van der Waals surface area contributed by atoms with Crippen LogP contribution in [-0.4, -0.2) is 5.97 Å². The van der Waals surface area contributed by atoms with Gasteiger partial charge < -0.3 is 4.74 Å². The van der Waals surface area contributed by atoms with Gasteiger partial charge in [-0.3, -0.25) is 0 Å². The Labute approximate surface area is 164 Å². The molecule has 0 heterocycles. The third kappa shape index (κ3) is 4.93.